The molecule has 3 nitrogen and oxygen atoms in total. The summed E-state index contributed by atoms with van der Waals surface area (Å²) in [6.45, 7) is 7.92. The Labute approximate surface area is 118 Å². The molecule has 0 aromatic rings. The molecule has 1 heterocycles. The van der Waals surface area contributed by atoms with Crippen molar-refractivity contribution in [3.8, 4) is 0 Å². The molecule has 0 N–H and O–H groups in total. The van der Waals surface area contributed by atoms with E-state index in [0.29, 0.717) is 12.3 Å². The molecule has 0 radical (unpaired) electrons. The van der Waals surface area contributed by atoms with Gasteiger partial charge in [-0.2, -0.15) is 0 Å². The number of amides is 1. The van der Waals surface area contributed by atoms with Crippen LogP contribution in [0.4, 0.5) is 0 Å². The SMILES string of the molecule is CCCOCCCCC(C)=CCC(=O)N1CCCC1. The monoisotopic (exact) mass is 267 g/mol. The Balaban J connectivity index is 2.06. The topological polar surface area (TPSA) is 29.5 Å². The van der Waals surface area contributed by atoms with Crippen LogP contribution in [0.2, 0.25) is 0 Å². The van der Waals surface area contributed by atoms with Crippen LogP contribution in [0.25, 0.3) is 0 Å². The summed E-state index contributed by atoms with van der Waals surface area (Å²) in [6, 6.07) is 0. The second-order valence-electron chi connectivity index (χ2n) is 5.41. The molecule has 0 atom stereocenters. The predicted molar refractivity (Wildman–Crippen MR) is 79.1 cm³/mol. The Morgan fingerprint density at radius 2 is 1.95 bits per heavy atom. The molecule has 1 rings (SSSR count). The number of hydrogen-bond acceptors (Lipinski definition) is 2. The largest absolute Gasteiger partial charge is 0.381 e. The zero-order valence-electron chi connectivity index (χ0n) is 12.6. The Morgan fingerprint density at radius 1 is 1.21 bits per heavy atom. The maximum Gasteiger partial charge on any atom is 0.226 e. The van der Waals surface area contributed by atoms with Gasteiger partial charge in [0.05, 0.1) is 0 Å². The van der Waals surface area contributed by atoms with Crippen LogP contribution in [0.15, 0.2) is 11.6 Å². The van der Waals surface area contributed by atoms with E-state index >= 15 is 0 Å². The van der Waals surface area contributed by atoms with Crippen molar-refractivity contribution in [1.82, 2.24) is 4.90 Å². The minimum atomic E-state index is 0.295. The summed E-state index contributed by atoms with van der Waals surface area (Å²) in [6.07, 6.45) is 9.49. The third-order valence-corrected chi connectivity index (χ3v) is 3.54. The van der Waals surface area contributed by atoms with Gasteiger partial charge < -0.3 is 9.64 Å². The molecule has 0 bridgehead atoms. The molecular weight excluding hydrogens is 238 g/mol. The molecule has 19 heavy (non-hydrogen) atoms. The molecule has 0 aliphatic carbocycles. The van der Waals surface area contributed by atoms with Crippen molar-refractivity contribution in [2.45, 2.75) is 58.8 Å². The predicted octanol–water partition coefficient (Wildman–Crippen LogP) is 3.54. The lowest BCUT2D eigenvalue weighted by Crippen LogP contribution is -2.26. The van der Waals surface area contributed by atoms with Gasteiger partial charge in [-0.3, -0.25) is 4.79 Å². The van der Waals surface area contributed by atoms with Crippen LogP contribution in [0.3, 0.4) is 0 Å². The molecule has 110 valence electrons. The van der Waals surface area contributed by atoms with Gasteiger partial charge in [0.1, 0.15) is 0 Å². The lowest BCUT2D eigenvalue weighted by Gasteiger charge is -2.13. The molecule has 0 unspecified atom stereocenters. The van der Waals surface area contributed by atoms with Crippen LogP contribution in [0, 0.1) is 0 Å². The Kier molecular flexibility index (Phi) is 8.55. The lowest BCUT2D eigenvalue weighted by atomic mass is 10.1. The smallest absolute Gasteiger partial charge is 0.226 e. The van der Waals surface area contributed by atoms with Crippen molar-refractivity contribution in [2.75, 3.05) is 26.3 Å². The second kappa shape index (κ2) is 10.0. The van der Waals surface area contributed by atoms with Gasteiger partial charge in [0.2, 0.25) is 5.91 Å². The molecule has 1 amide bonds. The minimum Gasteiger partial charge on any atom is -0.381 e. The van der Waals surface area contributed by atoms with E-state index in [9.17, 15) is 4.79 Å². The van der Waals surface area contributed by atoms with E-state index in [1.165, 1.54) is 18.4 Å². The Bertz CT molecular complexity index is 280. The number of unbranched alkanes of at least 4 members (excludes halogenated alkanes) is 1. The Hall–Kier alpha value is -0.830. The van der Waals surface area contributed by atoms with Gasteiger partial charge in [-0.05, 0) is 45.4 Å². The number of rotatable bonds is 9. The summed E-state index contributed by atoms with van der Waals surface area (Å²) >= 11 is 0. The summed E-state index contributed by atoms with van der Waals surface area (Å²) in [5.74, 6) is 0.295. The third-order valence-electron chi connectivity index (χ3n) is 3.54. The normalized spacial score (nSPS) is 16.1. The van der Waals surface area contributed by atoms with Gasteiger partial charge in [0.15, 0.2) is 0 Å². The van der Waals surface area contributed by atoms with E-state index in [0.717, 1.165) is 52.0 Å². The van der Waals surface area contributed by atoms with Crippen molar-refractivity contribution in [1.29, 1.82) is 0 Å². The van der Waals surface area contributed by atoms with Crippen molar-refractivity contribution in [3.05, 3.63) is 11.6 Å². The first kappa shape index (κ1) is 16.2. The number of carbonyl (C=O) groups excluding carboxylic acids is 1. The van der Waals surface area contributed by atoms with Gasteiger partial charge in [0, 0.05) is 32.7 Å². The van der Waals surface area contributed by atoms with E-state index in [2.05, 4.69) is 19.9 Å². The highest BCUT2D eigenvalue weighted by atomic mass is 16.5. The average Bonchev–Trinajstić information content (AvgIpc) is 2.94. The van der Waals surface area contributed by atoms with Crippen molar-refractivity contribution >= 4 is 5.91 Å². The van der Waals surface area contributed by atoms with Gasteiger partial charge in [-0.25, -0.2) is 0 Å². The van der Waals surface area contributed by atoms with Gasteiger partial charge in [-0.15, -0.1) is 0 Å². The zero-order chi connectivity index (χ0) is 13.9. The molecule has 1 fully saturated rings. The highest BCUT2D eigenvalue weighted by Gasteiger charge is 2.16. The standard InChI is InChI=1S/C16H29NO2/c1-3-13-19-14-7-4-8-15(2)9-10-16(18)17-11-5-6-12-17/h9H,3-8,10-14H2,1-2H3. The number of ether oxygens (including phenoxy) is 1. The highest BCUT2D eigenvalue weighted by Crippen LogP contribution is 2.12. The van der Waals surface area contributed by atoms with Gasteiger partial charge in [0.25, 0.3) is 0 Å². The third kappa shape index (κ3) is 7.36. The maximum absolute atomic E-state index is 11.9. The number of likely N-dealkylation sites (tertiary alicyclic amines) is 1. The number of carbonyl (C=O) groups is 1. The molecular formula is C16H29NO2. The van der Waals surface area contributed by atoms with Crippen LogP contribution in [0.1, 0.15) is 58.8 Å². The quantitative estimate of drug-likeness (QED) is 0.472. The van der Waals surface area contributed by atoms with Crippen LogP contribution >= 0.6 is 0 Å². The maximum atomic E-state index is 11.9. The fraction of sp³-hybridized carbons (Fsp3) is 0.812. The molecule has 1 aliphatic rings. The molecule has 1 aliphatic heterocycles. The lowest BCUT2D eigenvalue weighted by molar-refractivity contribution is -0.129. The molecule has 0 aromatic heterocycles. The summed E-state index contributed by atoms with van der Waals surface area (Å²) in [5, 5.41) is 0. The number of nitrogens with zero attached hydrogens (tertiary/aromatic N) is 1. The fourth-order valence-corrected chi connectivity index (χ4v) is 2.31. The van der Waals surface area contributed by atoms with Crippen molar-refractivity contribution < 1.29 is 9.53 Å². The summed E-state index contributed by atoms with van der Waals surface area (Å²) < 4.78 is 5.45. The van der Waals surface area contributed by atoms with E-state index in [4.69, 9.17) is 4.74 Å². The van der Waals surface area contributed by atoms with Crippen LogP contribution in [-0.2, 0) is 9.53 Å². The molecule has 1 saturated heterocycles. The highest BCUT2D eigenvalue weighted by molar-refractivity contribution is 5.78. The summed E-state index contributed by atoms with van der Waals surface area (Å²) in [4.78, 5) is 13.8. The number of allylic oxidation sites excluding steroid dienone is 1. The summed E-state index contributed by atoms with van der Waals surface area (Å²) in [5.41, 5.74) is 1.34. The first-order chi connectivity index (χ1) is 9.24. The van der Waals surface area contributed by atoms with Crippen LogP contribution in [0.5, 0.6) is 0 Å². The average molecular weight is 267 g/mol. The summed E-state index contributed by atoms with van der Waals surface area (Å²) in [7, 11) is 0. The van der Waals surface area contributed by atoms with E-state index < -0.39 is 0 Å². The van der Waals surface area contributed by atoms with E-state index in [1.54, 1.807) is 0 Å². The van der Waals surface area contributed by atoms with Crippen molar-refractivity contribution in [3.63, 3.8) is 0 Å². The van der Waals surface area contributed by atoms with E-state index in [-0.39, 0.29) is 0 Å². The number of hydrogen-bond donors (Lipinski definition) is 0. The molecule has 0 saturated carbocycles. The first-order valence-electron chi connectivity index (χ1n) is 7.75. The van der Waals surface area contributed by atoms with Crippen molar-refractivity contribution in [2.24, 2.45) is 0 Å². The zero-order valence-corrected chi connectivity index (χ0v) is 12.6. The van der Waals surface area contributed by atoms with Crippen LogP contribution in [-0.4, -0.2) is 37.1 Å². The molecule has 3 heteroatoms. The van der Waals surface area contributed by atoms with Gasteiger partial charge in [-0.1, -0.05) is 18.6 Å². The first-order valence-corrected chi connectivity index (χ1v) is 7.75. The van der Waals surface area contributed by atoms with Gasteiger partial charge >= 0.3 is 0 Å². The van der Waals surface area contributed by atoms with E-state index in [1.807, 2.05) is 4.90 Å². The Morgan fingerprint density at radius 3 is 2.63 bits per heavy atom. The van der Waals surface area contributed by atoms with Crippen LogP contribution < -0.4 is 0 Å². The second-order valence-corrected chi connectivity index (χ2v) is 5.41. The fourth-order valence-electron chi connectivity index (χ4n) is 2.31. The molecule has 0 spiro atoms. The molecule has 0 aromatic carbocycles. The minimum absolute atomic E-state index is 0.295.